The maximum atomic E-state index is 12.5. The predicted molar refractivity (Wildman–Crippen MR) is 39.1 cm³/mol. The van der Waals surface area contributed by atoms with E-state index in [1.54, 1.807) is 0 Å². The van der Waals surface area contributed by atoms with Gasteiger partial charge in [-0.05, 0) is 0 Å². The van der Waals surface area contributed by atoms with Gasteiger partial charge in [-0.25, -0.2) is 14.1 Å². The Morgan fingerprint density at radius 2 is 2.15 bits per heavy atom. The van der Waals surface area contributed by atoms with Crippen molar-refractivity contribution in [2.75, 3.05) is 13.2 Å². The largest absolute Gasteiger partial charge is 0.465 e. The molecular weight excluding hydrogens is 187 g/mol. The Morgan fingerprint density at radius 3 is 2.46 bits per heavy atom. The summed E-state index contributed by atoms with van der Waals surface area (Å²) in [6.07, 6.45) is 2.68. The van der Waals surface area contributed by atoms with Crippen molar-refractivity contribution in [2.24, 2.45) is 0 Å². The molecule has 0 aliphatic heterocycles. The summed E-state index contributed by atoms with van der Waals surface area (Å²) in [4.78, 5) is 9.91. The Bertz CT molecular complexity index is 224. The smallest absolute Gasteiger partial charge is 0.412 e. The summed E-state index contributed by atoms with van der Waals surface area (Å²) >= 11 is 0. The minimum absolute atomic E-state index is 0.179. The van der Waals surface area contributed by atoms with Gasteiger partial charge in [0.25, 0.3) is 0 Å². The number of amides is 1. The normalized spacial score (nSPS) is 10.6. The van der Waals surface area contributed by atoms with Crippen LogP contribution in [0.3, 0.4) is 0 Å². The second-order valence-corrected chi connectivity index (χ2v) is 2.19. The number of alkyl halides is 3. The van der Waals surface area contributed by atoms with Crippen molar-refractivity contribution in [1.29, 1.82) is 0 Å². The summed E-state index contributed by atoms with van der Waals surface area (Å²) < 4.78 is 36.7. The molecule has 0 saturated heterocycles. The molecule has 0 aromatic heterocycles. The highest BCUT2D eigenvalue weighted by atomic mass is 19.3. The van der Waals surface area contributed by atoms with Gasteiger partial charge in [0.05, 0.1) is 0 Å². The molecule has 0 fully saturated rings. The van der Waals surface area contributed by atoms with E-state index in [2.05, 4.69) is 0 Å². The van der Waals surface area contributed by atoms with Crippen LogP contribution in [0.2, 0.25) is 0 Å². The van der Waals surface area contributed by atoms with Gasteiger partial charge in [-0.2, -0.15) is 8.78 Å². The lowest BCUT2D eigenvalue weighted by atomic mass is 10.4. The van der Waals surface area contributed by atoms with Crippen molar-refractivity contribution in [1.82, 2.24) is 4.90 Å². The molecule has 0 spiro atoms. The van der Waals surface area contributed by atoms with Crippen molar-refractivity contribution < 1.29 is 23.1 Å². The summed E-state index contributed by atoms with van der Waals surface area (Å²) in [6, 6.07) is -4.00. The Balaban J connectivity index is 4.43. The second-order valence-electron chi connectivity index (χ2n) is 2.19. The van der Waals surface area contributed by atoms with E-state index in [0.717, 1.165) is 0 Å². The van der Waals surface area contributed by atoms with E-state index in [1.165, 1.54) is 0 Å². The molecule has 0 saturated carbocycles. The molecule has 74 valence electrons. The summed E-state index contributed by atoms with van der Waals surface area (Å²) in [7, 11) is 0. The van der Waals surface area contributed by atoms with Crippen LogP contribution in [0.4, 0.5) is 18.0 Å². The third-order valence-corrected chi connectivity index (χ3v) is 1.27. The lowest BCUT2D eigenvalue weighted by Gasteiger charge is -2.25. The first-order chi connectivity index (χ1) is 5.95. The van der Waals surface area contributed by atoms with E-state index in [0.29, 0.717) is 0 Å². The first-order valence-electron chi connectivity index (χ1n) is 3.33. The topological polar surface area (TPSA) is 40.5 Å². The second kappa shape index (κ2) is 4.60. The minimum Gasteiger partial charge on any atom is -0.465 e. The van der Waals surface area contributed by atoms with Crippen LogP contribution in [-0.4, -0.2) is 35.4 Å². The number of terminal acetylenes is 1. The maximum absolute atomic E-state index is 12.5. The Morgan fingerprint density at radius 1 is 1.62 bits per heavy atom. The zero-order valence-corrected chi connectivity index (χ0v) is 6.64. The van der Waals surface area contributed by atoms with Gasteiger partial charge in [0.1, 0.15) is 0 Å². The first-order valence-corrected chi connectivity index (χ1v) is 3.33. The Labute approximate surface area is 73.1 Å². The highest BCUT2D eigenvalue weighted by Gasteiger charge is 2.40. The lowest BCUT2D eigenvalue weighted by Crippen LogP contribution is -2.47. The Hall–Kier alpha value is -1.38. The van der Waals surface area contributed by atoms with Crippen molar-refractivity contribution >= 4 is 6.09 Å². The number of hydrogen-bond donors (Lipinski definition) is 1. The number of halogens is 3. The van der Waals surface area contributed by atoms with E-state index >= 15 is 0 Å². The molecule has 13 heavy (non-hydrogen) atoms. The number of carbonyl (C=O) groups is 1. The van der Waals surface area contributed by atoms with E-state index in [4.69, 9.17) is 11.5 Å². The van der Waals surface area contributed by atoms with Crippen molar-refractivity contribution in [3.05, 3.63) is 0 Å². The maximum Gasteiger partial charge on any atom is 0.412 e. The fraction of sp³-hybridized carbons (Fsp3) is 0.571. The highest BCUT2D eigenvalue weighted by molar-refractivity contribution is 5.65. The van der Waals surface area contributed by atoms with Crippen molar-refractivity contribution in [2.45, 2.75) is 12.5 Å². The monoisotopic (exact) mass is 195 g/mol. The average molecular weight is 195 g/mol. The van der Waals surface area contributed by atoms with Gasteiger partial charge in [0.2, 0.25) is 0 Å². The molecule has 1 amide bonds. The standard InChI is InChI=1S/C7H8F3NO2/c1-2-3-4-11(6(12)13)7(9,10)5-8/h1H,3-5H2,(H,12,13). The lowest BCUT2D eigenvalue weighted by molar-refractivity contribution is -0.139. The van der Waals surface area contributed by atoms with Gasteiger partial charge in [-0.1, -0.05) is 0 Å². The molecule has 0 aromatic rings. The summed E-state index contributed by atoms with van der Waals surface area (Å²) in [6.45, 7) is -2.63. The van der Waals surface area contributed by atoms with Gasteiger partial charge >= 0.3 is 12.1 Å². The van der Waals surface area contributed by atoms with Gasteiger partial charge in [0, 0.05) is 13.0 Å². The predicted octanol–water partition coefficient (Wildman–Crippen LogP) is 1.55. The van der Waals surface area contributed by atoms with E-state index in [-0.39, 0.29) is 11.3 Å². The number of hydrogen-bond acceptors (Lipinski definition) is 1. The van der Waals surface area contributed by atoms with Gasteiger partial charge in [-0.3, -0.25) is 0 Å². The SMILES string of the molecule is C#CCCN(C(=O)O)C(F)(F)CF. The molecule has 0 aliphatic carbocycles. The van der Waals surface area contributed by atoms with E-state index in [9.17, 15) is 18.0 Å². The number of rotatable bonds is 4. The van der Waals surface area contributed by atoms with Crippen LogP contribution in [0.1, 0.15) is 6.42 Å². The zero-order valence-electron chi connectivity index (χ0n) is 6.64. The molecule has 6 heteroatoms. The summed E-state index contributed by atoms with van der Waals surface area (Å²) in [5, 5.41) is 8.28. The van der Waals surface area contributed by atoms with Crippen molar-refractivity contribution in [3.8, 4) is 12.3 Å². The van der Waals surface area contributed by atoms with Crippen LogP contribution in [0.15, 0.2) is 0 Å². The van der Waals surface area contributed by atoms with E-state index < -0.39 is 25.4 Å². The Kier molecular flexibility index (Phi) is 4.11. The molecule has 0 unspecified atom stereocenters. The molecule has 0 radical (unpaired) electrons. The van der Waals surface area contributed by atoms with Gasteiger partial charge in [0.15, 0.2) is 6.67 Å². The minimum atomic E-state index is -4.00. The molecule has 0 rings (SSSR count). The summed E-state index contributed by atoms with van der Waals surface area (Å²) in [5.74, 6) is 1.99. The molecule has 3 nitrogen and oxygen atoms in total. The fourth-order valence-electron chi connectivity index (χ4n) is 0.648. The molecule has 0 bridgehead atoms. The van der Waals surface area contributed by atoms with Crippen LogP contribution >= 0.6 is 0 Å². The third-order valence-electron chi connectivity index (χ3n) is 1.27. The van der Waals surface area contributed by atoms with Gasteiger partial charge in [-0.15, -0.1) is 12.3 Å². The number of nitrogens with zero attached hydrogens (tertiary/aromatic N) is 1. The quantitative estimate of drug-likeness (QED) is 0.546. The van der Waals surface area contributed by atoms with Crippen LogP contribution in [-0.2, 0) is 0 Å². The fourth-order valence-corrected chi connectivity index (χ4v) is 0.648. The average Bonchev–Trinajstić information content (AvgIpc) is 2.04. The van der Waals surface area contributed by atoms with Crippen LogP contribution in [0, 0.1) is 12.3 Å². The molecule has 0 aromatic carbocycles. The molecule has 0 atom stereocenters. The van der Waals surface area contributed by atoms with Crippen LogP contribution in [0.25, 0.3) is 0 Å². The highest BCUT2D eigenvalue weighted by Crippen LogP contribution is 2.20. The first kappa shape index (κ1) is 11.6. The molecule has 0 aliphatic rings. The van der Waals surface area contributed by atoms with Gasteiger partial charge < -0.3 is 5.11 Å². The zero-order chi connectivity index (χ0) is 10.5. The van der Waals surface area contributed by atoms with Crippen LogP contribution in [0.5, 0.6) is 0 Å². The summed E-state index contributed by atoms with van der Waals surface area (Å²) in [5.41, 5.74) is 0. The number of carboxylic acid groups (broad SMARTS) is 1. The van der Waals surface area contributed by atoms with E-state index in [1.807, 2.05) is 5.92 Å². The molecular formula is C7H8F3NO2. The van der Waals surface area contributed by atoms with Crippen molar-refractivity contribution in [3.63, 3.8) is 0 Å². The molecule has 0 heterocycles. The third kappa shape index (κ3) is 3.23. The van der Waals surface area contributed by atoms with Crippen LogP contribution < -0.4 is 0 Å². The molecule has 1 N–H and O–H groups in total.